The molecule has 0 saturated carbocycles. The highest BCUT2D eigenvalue weighted by molar-refractivity contribution is 6.16. The lowest BCUT2D eigenvalue weighted by Gasteiger charge is -2.25. The average Bonchev–Trinajstić information content (AvgIpc) is 2.83. The molecule has 1 aromatic heterocycles. The van der Waals surface area contributed by atoms with Crippen LogP contribution in [0.4, 0.5) is 0 Å². The van der Waals surface area contributed by atoms with Crippen molar-refractivity contribution < 1.29 is 4.74 Å². The second-order valence-electron chi connectivity index (χ2n) is 4.72. The predicted molar refractivity (Wildman–Crippen MR) is 62.5 cm³/mol. The van der Waals surface area contributed by atoms with Gasteiger partial charge < -0.3 is 9.30 Å². The summed E-state index contributed by atoms with van der Waals surface area (Å²) in [6, 6.07) is 0.305. The summed E-state index contributed by atoms with van der Waals surface area (Å²) < 4.78 is 7.90. The summed E-state index contributed by atoms with van der Waals surface area (Å²) in [7, 11) is 0. The molecule has 0 bridgehead atoms. The van der Waals surface area contributed by atoms with E-state index in [-0.39, 0.29) is 5.60 Å². The molecule has 16 heavy (non-hydrogen) atoms. The zero-order chi connectivity index (χ0) is 11.8. The third kappa shape index (κ3) is 1.84. The molecule has 0 aromatic carbocycles. The summed E-state index contributed by atoms with van der Waals surface area (Å²) in [4.78, 5) is 0. The molecule has 1 fully saturated rings. The van der Waals surface area contributed by atoms with Gasteiger partial charge in [0.05, 0.1) is 5.88 Å². The summed E-state index contributed by atoms with van der Waals surface area (Å²) in [6.07, 6.45) is 2.08. The van der Waals surface area contributed by atoms with Crippen LogP contribution >= 0.6 is 11.6 Å². The van der Waals surface area contributed by atoms with Gasteiger partial charge in [-0.25, -0.2) is 0 Å². The number of hydrogen-bond acceptors (Lipinski definition) is 3. The van der Waals surface area contributed by atoms with E-state index < -0.39 is 0 Å². The third-order valence-corrected chi connectivity index (χ3v) is 3.33. The van der Waals surface area contributed by atoms with Gasteiger partial charge >= 0.3 is 0 Å². The molecule has 1 aliphatic rings. The van der Waals surface area contributed by atoms with Gasteiger partial charge in [0.1, 0.15) is 11.4 Å². The van der Waals surface area contributed by atoms with E-state index in [4.69, 9.17) is 16.3 Å². The maximum absolute atomic E-state index is 5.88. The van der Waals surface area contributed by atoms with Gasteiger partial charge in [-0.1, -0.05) is 0 Å². The first-order chi connectivity index (χ1) is 7.58. The Bertz CT molecular complexity index is 369. The van der Waals surface area contributed by atoms with E-state index in [2.05, 4.69) is 35.5 Å². The Morgan fingerprint density at radius 2 is 2.25 bits per heavy atom. The molecule has 1 aliphatic heterocycles. The Labute approximate surface area is 101 Å². The summed E-state index contributed by atoms with van der Waals surface area (Å²) >= 11 is 5.88. The van der Waals surface area contributed by atoms with Gasteiger partial charge in [-0.2, -0.15) is 0 Å². The van der Waals surface area contributed by atoms with Crippen molar-refractivity contribution >= 4 is 11.6 Å². The SMILES string of the molecule is CC(C)n1c(CCl)nnc1C1(C)CCCO1. The highest BCUT2D eigenvalue weighted by Gasteiger charge is 2.37. The zero-order valence-corrected chi connectivity index (χ0v) is 10.8. The van der Waals surface area contributed by atoms with E-state index in [0.29, 0.717) is 11.9 Å². The van der Waals surface area contributed by atoms with Crippen molar-refractivity contribution in [1.82, 2.24) is 14.8 Å². The fourth-order valence-corrected chi connectivity index (χ4v) is 2.46. The second kappa shape index (κ2) is 4.34. The van der Waals surface area contributed by atoms with Gasteiger partial charge in [0.2, 0.25) is 0 Å². The van der Waals surface area contributed by atoms with Gasteiger partial charge in [0.15, 0.2) is 5.82 Å². The van der Waals surface area contributed by atoms with Gasteiger partial charge in [-0.15, -0.1) is 21.8 Å². The topological polar surface area (TPSA) is 39.9 Å². The fraction of sp³-hybridized carbons (Fsp3) is 0.818. The Kier molecular flexibility index (Phi) is 3.22. The van der Waals surface area contributed by atoms with Crippen LogP contribution in [0.2, 0.25) is 0 Å². The largest absolute Gasteiger partial charge is 0.367 e. The Hall–Kier alpha value is -0.610. The van der Waals surface area contributed by atoms with Crippen molar-refractivity contribution in [2.75, 3.05) is 6.61 Å². The van der Waals surface area contributed by atoms with Crippen LogP contribution in [-0.4, -0.2) is 21.4 Å². The van der Waals surface area contributed by atoms with Crippen LogP contribution in [0.25, 0.3) is 0 Å². The van der Waals surface area contributed by atoms with Gasteiger partial charge in [0.25, 0.3) is 0 Å². The van der Waals surface area contributed by atoms with Crippen molar-refractivity contribution in [2.24, 2.45) is 0 Å². The molecule has 1 atom stereocenters. The van der Waals surface area contributed by atoms with Crippen molar-refractivity contribution in [3.63, 3.8) is 0 Å². The molecule has 4 nitrogen and oxygen atoms in total. The van der Waals surface area contributed by atoms with Gasteiger partial charge in [0, 0.05) is 12.6 Å². The van der Waals surface area contributed by atoms with Crippen LogP contribution in [0.3, 0.4) is 0 Å². The van der Waals surface area contributed by atoms with Crippen LogP contribution in [0, 0.1) is 0 Å². The van der Waals surface area contributed by atoms with Crippen molar-refractivity contribution in [3.8, 4) is 0 Å². The quantitative estimate of drug-likeness (QED) is 0.767. The molecular weight excluding hydrogens is 226 g/mol. The van der Waals surface area contributed by atoms with Crippen molar-refractivity contribution in [1.29, 1.82) is 0 Å². The molecule has 5 heteroatoms. The Morgan fingerprint density at radius 1 is 1.50 bits per heavy atom. The van der Waals surface area contributed by atoms with Crippen LogP contribution < -0.4 is 0 Å². The van der Waals surface area contributed by atoms with E-state index in [1.165, 1.54) is 0 Å². The fourth-order valence-electron chi connectivity index (χ4n) is 2.27. The number of nitrogens with zero attached hydrogens (tertiary/aromatic N) is 3. The molecule has 1 saturated heterocycles. The number of rotatable bonds is 3. The number of aromatic nitrogens is 3. The molecule has 0 N–H and O–H groups in total. The van der Waals surface area contributed by atoms with E-state index in [0.717, 1.165) is 31.1 Å². The summed E-state index contributed by atoms with van der Waals surface area (Å²) in [6.45, 7) is 7.11. The molecule has 0 radical (unpaired) electrons. The van der Waals surface area contributed by atoms with E-state index in [1.807, 2.05) is 0 Å². The number of halogens is 1. The minimum absolute atomic E-state index is 0.290. The lowest BCUT2D eigenvalue weighted by atomic mass is 10.0. The zero-order valence-electron chi connectivity index (χ0n) is 10.0. The highest BCUT2D eigenvalue weighted by atomic mass is 35.5. The summed E-state index contributed by atoms with van der Waals surface area (Å²) in [5.41, 5.74) is -0.290. The number of ether oxygens (including phenoxy) is 1. The van der Waals surface area contributed by atoms with Gasteiger partial charge in [-0.05, 0) is 33.6 Å². The summed E-state index contributed by atoms with van der Waals surface area (Å²) in [5.74, 6) is 2.13. The van der Waals surface area contributed by atoms with Crippen LogP contribution in [0.15, 0.2) is 0 Å². The van der Waals surface area contributed by atoms with Crippen molar-refractivity contribution in [3.05, 3.63) is 11.6 Å². The Balaban J connectivity index is 2.44. The maximum atomic E-state index is 5.88. The lowest BCUT2D eigenvalue weighted by Crippen LogP contribution is -2.26. The van der Waals surface area contributed by atoms with E-state index in [1.54, 1.807) is 0 Å². The normalized spacial score (nSPS) is 25.6. The Morgan fingerprint density at radius 3 is 2.75 bits per heavy atom. The smallest absolute Gasteiger partial charge is 0.165 e. The maximum Gasteiger partial charge on any atom is 0.165 e. The first kappa shape index (κ1) is 11.9. The van der Waals surface area contributed by atoms with Gasteiger partial charge in [-0.3, -0.25) is 0 Å². The number of hydrogen-bond donors (Lipinski definition) is 0. The third-order valence-electron chi connectivity index (χ3n) is 3.09. The second-order valence-corrected chi connectivity index (χ2v) is 4.99. The average molecular weight is 244 g/mol. The highest BCUT2D eigenvalue weighted by Crippen LogP contribution is 2.35. The molecule has 0 aliphatic carbocycles. The van der Waals surface area contributed by atoms with Crippen LogP contribution in [-0.2, 0) is 16.2 Å². The summed E-state index contributed by atoms with van der Waals surface area (Å²) in [5, 5.41) is 8.41. The standard InChI is InChI=1S/C11H18ClN3O/c1-8(2)15-9(7-12)13-14-10(15)11(3)5-4-6-16-11/h8H,4-7H2,1-3H3. The van der Waals surface area contributed by atoms with Crippen molar-refractivity contribution in [2.45, 2.75) is 51.1 Å². The van der Waals surface area contributed by atoms with Crippen LogP contribution in [0.5, 0.6) is 0 Å². The number of alkyl halides is 1. The van der Waals surface area contributed by atoms with E-state index in [9.17, 15) is 0 Å². The minimum Gasteiger partial charge on any atom is -0.367 e. The molecule has 1 unspecified atom stereocenters. The molecular formula is C11H18ClN3O. The predicted octanol–water partition coefficient (Wildman–Crippen LogP) is 2.62. The lowest BCUT2D eigenvalue weighted by molar-refractivity contribution is 0.00536. The molecule has 1 aromatic rings. The minimum atomic E-state index is -0.290. The first-order valence-electron chi connectivity index (χ1n) is 5.72. The first-order valence-corrected chi connectivity index (χ1v) is 6.26. The molecule has 90 valence electrons. The van der Waals surface area contributed by atoms with E-state index >= 15 is 0 Å². The molecule has 0 amide bonds. The van der Waals surface area contributed by atoms with Crippen LogP contribution in [0.1, 0.15) is 51.3 Å². The molecule has 0 spiro atoms. The molecule has 2 rings (SSSR count). The monoisotopic (exact) mass is 243 g/mol. The molecule has 2 heterocycles.